The number of carbonyl (C=O) groups excluding carboxylic acids is 2. The number of rotatable bonds is 14. The van der Waals surface area contributed by atoms with Gasteiger partial charge in [0.1, 0.15) is 18.1 Å². The summed E-state index contributed by atoms with van der Waals surface area (Å²) in [5.41, 5.74) is 3.27. The molecule has 0 bridgehead atoms. The van der Waals surface area contributed by atoms with Gasteiger partial charge in [-0.2, -0.15) is 0 Å². The van der Waals surface area contributed by atoms with E-state index < -0.39 is 17.7 Å². The van der Waals surface area contributed by atoms with Crippen LogP contribution >= 0.6 is 0 Å². The highest BCUT2D eigenvalue weighted by Gasteiger charge is 2.46. The molecule has 1 aliphatic heterocycles. The summed E-state index contributed by atoms with van der Waals surface area (Å²) in [6.45, 7) is 7.93. The second-order valence-corrected chi connectivity index (χ2v) is 11.0. The number of carbonyl (C=O) groups is 2. The summed E-state index contributed by atoms with van der Waals surface area (Å²) in [5, 5.41) is 11.5. The van der Waals surface area contributed by atoms with Gasteiger partial charge < -0.3 is 29.0 Å². The predicted molar refractivity (Wildman–Crippen MR) is 165 cm³/mol. The SMILES string of the molecule is COCCCN1C(=O)C(=O)/C(=C(/O)c2ccc(OCc3ccccc3C)cc2)C1c1ccc(OCCC(C)C)c(OC)c1. The number of likely N-dealkylation sites (tertiary alicyclic amines) is 1. The molecule has 0 saturated carbocycles. The number of hydrogen-bond acceptors (Lipinski definition) is 7. The van der Waals surface area contributed by atoms with Crippen LogP contribution in [0, 0.1) is 12.8 Å². The fourth-order valence-corrected chi connectivity index (χ4v) is 5.01. The van der Waals surface area contributed by atoms with Crippen LogP contribution in [0.15, 0.2) is 72.3 Å². The molecule has 0 aliphatic carbocycles. The van der Waals surface area contributed by atoms with Crippen LogP contribution in [0.2, 0.25) is 0 Å². The van der Waals surface area contributed by atoms with Gasteiger partial charge in [-0.3, -0.25) is 9.59 Å². The van der Waals surface area contributed by atoms with Gasteiger partial charge in [0.2, 0.25) is 0 Å². The smallest absolute Gasteiger partial charge is 0.295 e. The largest absolute Gasteiger partial charge is 0.507 e. The fraction of sp³-hybridized carbons (Fsp3) is 0.371. The summed E-state index contributed by atoms with van der Waals surface area (Å²) in [7, 11) is 3.13. The molecule has 1 amide bonds. The predicted octanol–water partition coefficient (Wildman–Crippen LogP) is 6.47. The molecule has 4 rings (SSSR count). The van der Waals surface area contributed by atoms with Crippen LogP contribution < -0.4 is 14.2 Å². The van der Waals surface area contributed by atoms with E-state index in [0.717, 1.165) is 17.5 Å². The summed E-state index contributed by atoms with van der Waals surface area (Å²) >= 11 is 0. The lowest BCUT2D eigenvalue weighted by Gasteiger charge is -2.26. The van der Waals surface area contributed by atoms with Gasteiger partial charge in [-0.05, 0) is 78.8 Å². The number of methoxy groups -OCH3 is 2. The van der Waals surface area contributed by atoms with Crippen molar-refractivity contribution in [1.29, 1.82) is 0 Å². The van der Waals surface area contributed by atoms with E-state index in [0.29, 0.717) is 60.5 Å². The van der Waals surface area contributed by atoms with Crippen molar-refractivity contribution in [2.75, 3.05) is 34.0 Å². The minimum absolute atomic E-state index is 0.0199. The van der Waals surface area contributed by atoms with Gasteiger partial charge in [-0.15, -0.1) is 0 Å². The number of amides is 1. The van der Waals surface area contributed by atoms with E-state index in [1.165, 1.54) is 4.90 Å². The number of Topliss-reactive ketones (excluding diaryl/α,β-unsaturated/α-hetero) is 1. The number of benzene rings is 3. The molecule has 1 aliphatic rings. The third-order valence-electron chi connectivity index (χ3n) is 7.53. The minimum Gasteiger partial charge on any atom is -0.507 e. The molecule has 1 heterocycles. The van der Waals surface area contributed by atoms with Crippen LogP contribution in [0.1, 0.15) is 55.0 Å². The van der Waals surface area contributed by atoms with E-state index in [2.05, 4.69) is 13.8 Å². The van der Waals surface area contributed by atoms with Gasteiger partial charge in [-0.25, -0.2) is 0 Å². The molecule has 3 aromatic rings. The molecule has 8 nitrogen and oxygen atoms in total. The van der Waals surface area contributed by atoms with Gasteiger partial charge in [-0.1, -0.05) is 44.2 Å². The molecule has 8 heteroatoms. The molecule has 43 heavy (non-hydrogen) atoms. The average molecular weight is 588 g/mol. The number of hydrogen-bond donors (Lipinski definition) is 1. The van der Waals surface area contributed by atoms with E-state index in [4.69, 9.17) is 18.9 Å². The Kier molecular flexibility index (Phi) is 10.8. The summed E-state index contributed by atoms with van der Waals surface area (Å²) in [5.74, 6) is 0.510. The van der Waals surface area contributed by atoms with E-state index in [-0.39, 0.29) is 17.9 Å². The molecule has 1 saturated heterocycles. The molecule has 0 radical (unpaired) electrons. The van der Waals surface area contributed by atoms with E-state index in [1.807, 2.05) is 37.3 Å². The Morgan fingerprint density at radius 1 is 0.930 bits per heavy atom. The molecule has 1 unspecified atom stereocenters. The van der Waals surface area contributed by atoms with Crippen molar-refractivity contribution in [1.82, 2.24) is 4.90 Å². The summed E-state index contributed by atoms with van der Waals surface area (Å²) in [4.78, 5) is 28.2. The maximum atomic E-state index is 13.4. The van der Waals surface area contributed by atoms with Crippen LogP contribution in [0.5, 0.6) is 17.2 Å². The molecule has 228 valence electrons. The Morgan fingerprint density at radius 2 is 1.67 bits per heavy atom. The molecular formula is C35H41NO7. The van der Waals surface area contributed by atoms with E-state index in [1.54, 1.807) is 50.6 Å². The quantitative estimate of drug-likeness (QED) is 0.100. The fourth-order valence-electron chi connectivity index (χ4n) is 5.01. The number of aliphatic hydroxyl groups excluding tert-OH is 1. The van der Waals surface area contributed by atoms with Crippen LogP contribution in [0.4, 0.5) is 0 Å². The molecule has 1 fully saturated rings. The Morgan fingerprint density at radius 3 is 2.35 bits per heavy atom. The van der Waals surface area contributed by atoms with Crippen molar-refractivity contribution in [2.45, 2.75) is 46.3 Å². The first kappa shape index (κ1) is 31.6. The monoisotopic (exact) mass is 587 g/mol. The highest BCUT2D eigenvalue weighted by Crippen LogP contribution is 2.42. The van der Waals surface area contributed by atoms with Gasteiger partial charge in [0.15, 0.2) is 11.5 Å². The second kappa shape index (κ2) is 14.7. The minimum atomic E-state index is -0.813. The first-order valence-electron chi connectivity index (χ1n) is 14.6. The molecule has 0 aromatic heterocycles. The van der Waals surface area contributed by atoms with Gasteiger partial charge >= 0.3 is 0 Å². The van der Waals surface area contributed by atoms with Crippen molar-refractivity contribution in [3.05, 3.63) is 94.6 Å². The Hall–Kier alpha value is -4.30. The Bertz CT molecular complexity index is 1440. The lowest BCUT2D eigenvalue weighted by molar-refractivity contribution is -0.140. The summed E-state index contributed by atoms with van der Waals surface area (Å²) in [6, 6.07) is 19.4. The van der Waals surface area contributed by atoms with Crippen molar-refractivity contribution in [2.24, 2.45) is 5.92 Å². The molecular weight excluding hydrogens is 546 g/mol. The molecule has 1 N–H and O–H groups in total. The van der Waals surface area contributed by atoms with Crippen LogP contribution in [0.3, 0.4) is 0 Å². The van der Waals surface area contributed by atoms with Gasteiger partial charge in [0, 0.05) is 25.8 Å². The zero-order valence-electron chi connectivity index (χ0n) is 25.6. The second-order valence-electron chi connectivity index (χ2n) is 11.0. The number of ether oxygens (including phenoxy) is 4. The Labute approximate surface area is 253 Å². The maximum Gasteiger partial charge on any atom is 0.295 e. The highest BCUT2D eigenvalue weighted by atomic mass is 16.5. The van der Waals surface area contributed by atoms with Crippen LogP contribution in [-0.4, -0.2) is 55.7 Å². The van der Waals surface area contributed by atoms with Crippen molar-refractivity contribution >= 4 is 17.4 Å². The highest BCUT2D eigenvalue weighted by molar-refractivity contribution is 6.46. The lowest BCUT2D eigenvalue weighted by Crippen LogP contribution is -2.31. The Balaban J connectivity index is 1.66. The molecule has 1 atom stereocenters. The topological polar surface area (TPSA) is 94.5 Å². The summed E-state index contributed by atoms with van der Waals surface area (Å²) in [6.07, 6.45) is 1.42. The molecule has 0 spiro atoms. The summed E-state index contributed by atoms with van der Waals surface area (Å²) < 4.78 is 22.7. The number of nitrogens with zero attached hydrogens (tertiary/aromatic N) is 1. The van der Waals surface area contributed by atoms with E-state index >= 15 is 0 Å². The van der Waals surface area contributed by atoms with Crippen molar-refractivity contribution in [3.8, 4) is 17.2 Å². The maximum absolute atomic E-state index is 13.4. The van der Waals surface area contributed by atoms with Crippen LogP contribution in [0.25, 0.3) is 5.76 Å². The average Bonchev–Trinajstić information content (AvgIpc) is 3.25. The third kappa shape index (κ3) is 7.56. The van der Waals surface area contributed by atoms with E-state index in [9.17, 15) is 14.7 Å². The lowest BCUT2D eigenvalue weighted by atomic mass is 9.95. The van der Waals surface area contributed by atoms with Gasteiger partial charge in [0.05, 0.1) is 25.3 Å². The van der Waals surface area contributed by atoms with Gasteiger partial charge in [0.25, 0.3) is 11.7 Å². The van der Waals surface area contributed by atoms with Crippen LogP contribution in [-0.2, 0) is 20.9 Å². The number of aryl methyl sites for hydroxylation is 1. The normalized spacial score (nSPS) is 16.1. The zero-order valence-corrected chi connectivity index (χ0v) is 25.6. The third-order valence-corrected chi connectivity index (χ3v) is 7.53. The molecule has 3 aromatic carbocycles. The standard InChI is InChI=1S/C35H41NO7/c1-23(2)17-20-42-29-16-13-26(21-30(29)41-5)32-31(34(38)35(39)36(32)18-8-19-40-4)33(37)25-11-14-28(15-12-25)43-22-27-10-7-6-9-24(27)3/h6-7,9-16,21,23,32,37H,8,17-20,22H2,1-5H3/b33-31+. The first-order valence-corrected chi connectivity index (χ1v) is 14.6. The van der Waals surface area contributed by atoms with Crippen molar-refractivity contribution < 1.29 is 33.6 Å². The first-order chi connectivity index (χ1) is 20.7. The zero-order chi connectivity index (χ0) is 30.9. The number of ketones is 1. The number of aliphatic hydroxyl groups is 1. The van der Waals surface area contributed by atoms with Crippen molar-refractivity contribution in [3.63, 3.8) is 0 Å².